The van der Waals surface area contributed by atoms with E-state index in [1.165, 1.54) is 20.7 Å². The Morgan fingerprint density at radius 2 is 2.04 bits per heavy atom. The molecule has 7 nitrogen and oxygen atoms in total. The van der Waals surface area contributed by atoms with Gasteiger partial charge in [-0.25, -0.2) is 9.78 Å². The Balaban J connectivity index is 1.44. The first-order valence-corrected chi connectivity index (χ1v) is 8.10. The number of thiophene rings is 1. The fourth-order valence-corrected chi connectivity index (χ4v) is 3.02. The number of para-hydroxylation sites is 2. The van der Waals surface area contributed by atoms with Crippen LogP contribution in [0.3, 0.4) is 0 Å². The molecule has 3 aromatic heterocycles. The van der Waals surface area contributed by atoms with Crippen LogP contribution in [0, 0.1) is 0 Å². The first kappa shape index (κ1) is 13.9. The van der Waals surface area contributed by atoms with E-state index in [4.69, 9.17) is 4.42 Å². The van der Waals surface area contributed by atoms with Gasteiger partial charge in [-0.05, 0) is 46.5 Å². The van der Waals surface area contributed by atoms with E-state index in [-0.39, 0.29) is 5.69 Å². The minimum atomic E-state index is -0.231. The van der Waals surface area contributed by atoms with Crippen LogP contribution in [0.25, 0.3) is 16.1 Å². The van der Waals surface area contributed by atoms with Crippen molar-refractivity contribution in [1.82, 2.24) is 24.8 Å². The molecule has 1 aromatic carbocycles. The number of nitrogens with zero attached hydrogens (tertiary/aromatic N) is 5. The quantitative estimate of drug-likeness (QED) is 0.562. The Bertz CT molecular complexity index is 950. The van der Waals surface area contributed by atoms with Crippen molar-refractivity contribution in [3.63, 3.8) is 0 Å². The number of rotatable bonds is 5. The van der Waals surface area contributed by atoms with E-state index in [0.717, 1.165) is 16.1 Å². The van der Waals surface area contributed by atoms with Gasteiger partial charge in [0.05, 0.1) is 0 Å². The molecule has 116 valence electrons. The summed E-state index contributed by atoms with van der Waals surface area (Å²) in [5.41, 5.74) is 1.40. The molecule has 0 saturated heterocycles. The maximum atomic E-state index is 12.2. The molecule has 0 aliphatic heterocycles. The summed E-state index contributed by atoms with van der Waals surface area (Å²) < 4.78 is 8.34. The lowest BCUT2D eigenvalue weighted by Gasteiger charge is -1.96. The van der Waals surface area contributed by atoms with E-state index in [1.54, 1.807) is 0 Å². The molecule has 4 aromatic rings. The van der Waals surface area contributed by atoms with Gasteiger partial charge in [-0.3, -0.25) is 0 Å². The van der Waals surface area contributed by atoms with Gasteiger partial charge >= 0.3 is 5.69 Å². The highest BCUT2D eigenvalue weighted by Gasteiger charge is 2.10. The lowest BCUT2D eigenvalue weighted by atomic mass is 10.3. The molecule has 0 saturated carbocycles. The SMILES string of the molecule is O=c1n(CCCc2nc3ccccc3o2)nnn1-c1cccs1. The molecular weight excluding hydrogens is 314 g/mol. The van der Waals surface area contributed by atoms with Crippen LogP contribution in [-0.2, 0) is 13.0 Å². The lowest BCUT2D eigenvalue weighted by Crippen LogP contribution is -2.24. The zero-order valence-electron chi connectivity index (χ0n) is 12.1. The van der Waals surface area contributed by atoms with E-state index in [2.05, 4.69) is 15.4 Å². The van der Waals surface area contributed by atoms with Crippen LogP contribution in [-0.4, -0.2) is 24.8 Å². The number of hydrogen-bond acceptors (Lipinski definition) is 6. The molecule has 4 rings (SSSR count). The Morgan fingerprint density at radius 3 is 2.87 bits per heavy atom. The summed E-state index contributed by atoms with van der Waals surface area (Å²) in [7, 11) is 0. The van der Waals surface area contributed by atoms with E-state index >= 15 is 0 Å². The highest BCUT2D eigenvalue weighted by atomic mass is 32.1. The van der Waals surface area contributed by atoms with Gasteiger partial charge in [0.15, 0.2) is 11.5 Å². The Morgan fingerprint density at radius 1 is 1.13 bits per heavy atom. The van der Waals surface area contributed by atoms with Crippen LogP contribution >= 0.6 is 11.3 Å². The number of fused-ring (bicyclic) bond motifs is 1. The molecular formula is C15H13N5O2S. The van der Waals surface area contributed by atoms with Crippen molar-refractivity contribution in [3.8, 4) is 5.00 Å². The summed E-state index contributed by atoms with van der Waals surface area (Å²) >= 11 is 1.45. The fraction of sp³-hybridized carbons (Fsp3) is 0.200. The first-order valence-electron chi connectivity index (χ1n) is 7.22. The van der Waals surface area contributed by atoms with E-state index in [9.17, 15) is 4.79 Å². The summed E-state index contributed by atoms with van der Waals surface area (Å²) in [6.45, 7) is 0.475. The topological polar surface area (TPSA) is 78.7 Å². The van der Waals surface area contributed by atoms with Gasteiger partial charge in [-0.15, -0.1) is 11.3 Å². The van der Waals surface area contributed by atoms with Crippen LogP contribution in [0.1, 0.15) is 12.3 Å². The molecule has 0 radical (unpaired) electrons. The van der Waals surface area contributed by atoms with Crippen molar-refractivity contribution in [2.45, 2.75) is 19.4 Å². The first-order chi connectivity index (χ1) is 11.3. The average Bonchev–Trinajstić information content (AvgIpc) is 3.27. The van der Waals surface area contributed by atoms with E-state index < -0.39 is 0 Å². The molecule has 8 heteroatoms. The predicted octanol–water partition coefficient (Wildman–Crippen LogP) is 2.26. The molecule has 0 spiro atoms. The molecule has 0 amide bonds. The summed E-state index contributed by atoms with van der Waals surface area (Å²) in [6, 6.07) is 11.4. The molecule has 3 heterocycles. The normalized spacial score (nSPS) is 11.3. The monoisotopic (exact) mass is 327 g/mol. The predicted molar refractivity (Wildman–Crippen MR) is 85.8 cm³/mol. The van der Waals surface area contributed by atoms with Gasteiger partial charge in [-0.2, -0.15) is 9.36 Å². The van der Waals surface area contributed by atoms with Crippen molar-refractivity contribution in [2.24, 2.45) is 0 Å². The van der Waals surface area contributed by atoms with Crippen molar-refractivity contribution in [1.29, 1.82) is 0 Å². The molecule has 0 N–H and O–H groups in total. The van der Waals surface area contributed by atoms with Gasteiger partial charge in [-0.1, -0.05) is 12.1 Å². The van der Waals surface area contributed by atoms with Crippen molar-refractivity contribution < 1.29 is 4.42 Å². The zero-order chi connectivity index (χ0) is 15.6. The lowest BCUT2D eigenvalue weighted by molar-refractivity contribution is 0.483. The Hall–Kier alpha value is -2.74. The van der Waals surface area contributed by atoms with Crippen LogP contribution in [0.4, 0.5) is 0 Å². The van der Waals surface area contributed by atoms with Crippen molar-refractivity contribution >= 4 is 22.4 Å². The van der Waals surface area contributed by atoms with Gasteiger partial charge in [0.1, 0.15) is 10.5 Å². The van der Waals surface area contributed by atoms with Crippen LogP contribution in [0.5, 0.6) is 0 Å². The number of hydrogen-bond donors (Lipinski definition) is 0. The van der Waals surface area contributed by atoms with Crippen LogP contribution in [0.2, 0.25) is 0 Å². The standard InChI is InChI=1S/C15H13N5O2S/c21-15-19(17-18-20(15)14-8-4-10-23-14)9-3-7-13-16-11-5-1-2-6-12(11)22-13/h1-2,4-6,8,10H,3,7,9H2. The summed E-state index contributed by atoms with van der Waals surface area (Å²) in [5.74, 6) is 0.671. The molecule has 0 atom stereocenters. The third-order valence-corrected chi connectivity index (χ3v) is 4.30. The maximum Gasteiger partial charge on any atom is 0.369 e. The summed E-state index contributed by atoms with van der Waals surface area (Å²) in [4.78, 5) is 16.6. The number of aromatic nitrogens is 5. The number of aryl methyl sites for hydroxylation is 2. The minimum Gasteiger partial charge on any atom is -0.441 e. The summed E-state index contributed by atoms with van der Waals surface area (Å²) in [6.07, 6.45) is 1.35. The van der Waals surface area contributed by atoms with Gasteiger partial charge in [0.2, 0.25) is 0 Å². The second-order valence-corrected chi connectivity index (χ2v) is 5.95. The van der Waals surface area contributed by atoms with Crippen LogP contribution in [0.15, 0.2) is 51.0 Å². The van der Waals surface area contributed by atoms with E-state index in [1.807, 2.05) is 41.8 Å². The smallest absolute Gasteiger partial charge is 0.369 e. The Kier molecular flexibility index (Phi) is 3.51. The molecule has 0 bridgehead atoms. The molecule has 0 aliphatic carbocycles. The molecule has 0 fully saturated rings. The van der Waals surface area contributed by atoms with Gasteiger partial charge in [0, 0.05) is 13.0 Å². The molecule has 23 heavy (non-hydrogen) atoms. The highest BCUT2D eigenvalue weighted by Crippen LogP contribution is 2.15. The Labute approximate surface area is 134 Å². The molecule has 0 unspecified atom stereocenters. The summed E-state index contributed by atoms with van der Waals surface area (Å²) in [5, 5.41) is 10.5. The second-order valence-electron chi connectivity index (χ2n) is 5.03. The highest BCUT2D eigenvalue weighted by molar-refractivity contribution is 7.12. The zero-order valence-corrected chi connectivity index (χ0v) is 12.9. The largest absolute Gasteiger partial charge is 0.441 e. The average molecular weight is 327 g/mol. The van der Waals surface area contributed by atoms with Gasteiger partial charge in [0.25, 0.3) is 0 Å². The van der Waals surface area contributed by atoms with E-state index in [0.29, 0.717) is 25.3 Å². The molecule has 0 aliphatic rings. The van der Waals surface area contributed by atoms with Crippen LogP contribution < -0.4 is 5.69 Å². The van der Waals surface area contributed by atoms with Crippen molar-refractivity contribution in [3.05, 3.63) is 58.2 Å². The number of tetrazole rings is 1. The minimum absolute atomic E-state index is 0.231. The number of benzene rings is 1. The second kappa shape index (κ2) is 5.81. The fourth-order valence-electron chi connectivity index (χ4n) is 2.35. The maximum absolute atomic E-state index is 12.2. The third-order valence-electron chi connectivity index (χ3n) is 3.45. The third kappa shape index (κ3) is 2.68. The van der Waals surface area contributed by atoms with Crippen molar-refractivity contribution in [2.75, 3.05) is 0 Å². The van der Waals surface area contributed by atoms with Gasteiger partial charge < -0.3 is 4.42 Å². The number of oxazole rings is 1.